The molecule has 2 N–H and O–H groups in total. The Bertz CT molecular complexity index is 324. The minimum Gasteiger partial charge on any atom is -0.382 e. The second kappa shape index (κ2) is 4.10. The fourth-order valence-corrected chi connectivity index (χ4v) is 4.16. The summed E-state index contributed by atoms with van der Waals surface area (Å²) in [5.74, 6) is 0.586. The van der Waals surface area contributed by atoms with Crippen molar-refractivity contribution in [2.24, 2.45) is 16.7 Å². The number of aliphatic hydroxyl groups excluding tert-OH is 1. The first-order valence-electron chi connectivity index (χ1n) is 6.55. The molecule has 0 aromatic heterocycles. The van der Waals surface area contributed by atoms with Crippen LogP contribution in [-0.4, -0.2) is 30.0 Å². The molecule has 0 aliphatic heterocycles. The Morgan fingerprint density at radius 3 is 2.39 bits per heavy atom. The van der Waals surface area contributed by atoms with Crippen molar-refractivity contribution in [3.8, 4) is 0 Å². The maximum absolute atomic E-state index is 12.3. The van der Waals surface area contributed by atoms with Crippen molar-refractivity contribution in [2.75, 3.05) is 6.54 Å². The SMILES string of the molecule is CC1(C)C(NCC(O)C(F)(F)F)[C@]2(C)CC[C@H]1C2. The van der Waals surface area contributed by atoms with E-state index in [4.69, 9.17) is 5.11 Å². The highest BCUT2D eigenvalue weighted by Crippen LogP contribution is 2.62. The van der Waals surface area contributed by atoms with Crippen LogP contribution in [0.25, 0.3) is 0 Å². The molecular weight excluding hydrogens is 243 g/mol. The molecule has 2 nitrogen and oxygen atoms in total. The Morgan fingerprint density at radius 2 is 1.94 bits per heavy atom. The van der Waals surface area contributed by atoms with Gasteiger partial charge in [-0.25, -0.2) is 0 Å². The molecule has 0 amide bonds. The van der Waals surface area contributed by atoms with E-state index in [2.05, 4.69) is 26.1 Å². The van der Waals surface area contributed by atoms with Crippen LogP contribution in [0.15, 0.2) is 0 Å². The first-order chi connectivity index (χ1) is 8.07. The van der Waals surface area contributed by atoms with Gasteiger partial charge in [0.15, 0.2) is 6.10 Å². The Morgan fingerprint density at radius 1 is 1.33 bits per heavy atom. The fraction of sp³-hybridized carbons (Fsp3) is 1.00. The zero-order chi connectivity index (χ0) is 13.8. The molecule has 0 aromatic carbocycles. The molecule has 4 atom stereocenters. The highest BCUT2D eigenvalue weighted by Gasteiger charge is 2.59. The average Bonchev–Trinajstić information content (AvgIpc) is 2.66. The van der Waals surface area contributed by atoms with E-state index in [9.17, 15) is 13.2 Å². The summed E-state index contributed by atoms with van der Waals surface area (Å²) >= 11 is 0. The van der Waals surface area contributed by atoms with E-state index in [1.54, 1.807) is 0 Å². The van der Waals surface area contributed by atoms with Gasteiger partial charge in [0, 0.05) is 12.6 Å². The van der Waals surface area contributed by atoms with Crippen molar-refractivity contribution in [1.82, 2.24) is 5.32 Å². The first kappa shape index (κ1) is 14.1. The van der Waals surface area contributed by atoms with Gasteiger partial charge in [-0.05, 0) is 36.0 Å². The van der Waals surface area contributed by atoms with Crippen LogP contribution in [-0.2, 0) is 0 Å². The van der Waals surface area contributed by atoms with E-state index in [1.165, 1.54) is 6.42 Å². The van der Waals surface area contributed by atoms with Crippen LogP contribution in [0.1, 0.15) is 40.0 Å². The van der Waals surface area contributed by atoms with Gasteiger partial charge in [0.1, 0.15) is 0 Å². The van der Waals surface area contributed by atoms with Gasteiger partial charge < -0.3 is 10.4 Å². The number of hydrogen-bond acceptors (Lipinski definition) is 2. The third-order valence-electron chi connectivity index (χ3n) is 5.16. The molecule has 2 saturated carbocycles. The zero-order valence-corrected chi connectivity index (χ0v) is 11.1. The predicted molar refractivity (Wildman–Crippen MR) is 63.1 cm³/mol. The van der Waals surface area contributed by atoms with Crippen molar-refractivity contribution in [3.05, 3.63) is 0 Å². The van der Waals surface area contributed by atoms with Crippen molar-refractivity contribution in [2.45, 2.75) is 58.4 Å². The molecule has 0 spiro atoms. The summed E-state index contributed by atoms with van der Waals surface area (Å²) < 4.78 is 36.9. The Balaban J connectivity index is 2.01. The van der Waals surface area contributed by atoms with Gasteiger partial charge in [0.2, 0.25) is 0 Å². The molecule has 2 rings (SSSR count). The zero-order valence-electron chi connectivity index (χ0n) is 11.1. The molecule has 2 aliphatic carbocycles. The van der Waals surface area contributed by atoms with Crippen LogP contribution in [0.4, 0.5) is 13.2 Å². The van der Waals surface area contributed by atoms with Crippen LogP contribution in [0, 0.1) is 16.7 Å². The molecule has 0 radical (unpaired) electrons. The van der Waals surface area contributed by atoms with Gasteiger partial charge in [-0.15, -0.1) is 0 Å². The lowest BCUT2D eigenvalue weighted by Gasteiger charge is -2.43. The van der Waals surface area contributed by atoms with Gasteiger partial charge in [-0.3, -0.25) is 0 Å². The van der Waals surface area contributed by atoms with E-state index >= 15 is 0 Å². The second-order valence-corrected chi connectivity index (χ2v) is 6.81. The number of rotatable bonds is 3. The third-order valence-corrected chi connectivity index (χ3v) is 5.16. The predicted octanol–water partition coefficient (Wildman–Crippen LogP) is 2.71. The molecule has 2 bridgehead atoms. The lowest BCUT2D eigenvalue weighted by atomic mass is 9.68. The highest BCUT2D eigenvalue weighted by molar-refractivity contribution is 5.12. The van der Waals surface area contributed by atoms with E-state index in [0.717, 1.165) is 12.8 Å². The van der Waals surface area contributed by atoms with Crippen LogP contribution in [0.5, 0.6) is 0 Å². The standard InChI is InChI=1S/C13H22F3NO/c1-11(2)8-4-5-12(3,6-8)10(11)17-7-9(18)13(14,15)16/h8-10,17-18H,4-7H2,1-3H3/t8-,9?,10?,12+/m0/s1. The van der Waals surface area contributed by atoms with Gasteiger partial charge >= 0.3 is 6.18 Å². The number of hydrogen-bond donors (Lipinski definition) is 2. The molecule has 2 aliphatic rings. The van der Waals surface area contributed by atoms with E-state index in [-0.39, 0.29) is 16.9 Å². The molecule has 0 heterocycles. The lowest BCUT2D eigenvalue weighted by molar-refractivity contribution is -0.203. The molecular formula is C13H22F3NO. The van der Waals surface area contributed by atoms with Crippen LogP contribution in [0.3, 0.4) is 0 Å². The van der Waals surface area contributed by atoms with Gasteiger partial charge in [-0.2, -0.15) is 13.2 Å². The summed E-state index contributed by atoms with van der Waals surface area (Å²) in [6, 6.07) is 0.0562. The lowest BCUT2D eigenvalue weighted by Crippen LogP contribution is -2.53. The average molecular weight is 265 g/mol. The van der Waals surface area contributed by atoms with Crippen LogP contribution >= 0.6 is 0 Å². The monoisotopic (exact) mass is 265 g/mol. The van der Waals surface area contributed by atoms with Crippen LogP contribution in [0.2, 0.25) is 0 Å². The number of aliphatic hydroxyl groups is 1. The molecule has 0 aromatic rings. The number of nitrogens with one attached hydrogen (secondary N) is 1. The van der Waals surface area contributed by atoms with Crippen LogP contribution < -0.4 is 5.32 Å². The van der Waals surface area contributed by atoms with E-state index in [0.29, 0.717) is 5.92 Å². The highest BCUT2D eigenvalue weighted by atomic mass is 19.4. The van der Waals surface area contributed by atoms with Gasteiger partial charge in [0.25, 0.3) is 0 Å². The number of halogens is 3. The molecule has 18 heavy (non-hydrogen) atoms. The summed E-state index contributed by atoms with van der Waals surface area (Å²) in [6.45, 7) is 6.00. The smallest absolute Gasteiger partial charge is 0.382 e. The maximum Gasteiger partial charge on any atom is 0.415 e. The summed E-state index contributed by atoms with van der Waals surface area (Å²) in [6.07, 6.45) is -3.48. The second-order valence-electron chi connectivity index (χ2n) is 6.81. The normalized spacial score (nSPS) is 40.2. The number of fused-ring (bicyclic) bond motifs is 2. The number of alkyl halides is 3. The topological polar surface area (TPSA) is 32.3 Å². The van der Waals surface area contributed by atoms with Crippen molar-refractivity contribution < 1.29 is 18.3 Å². The molecule has 2 fully saturated rings. The van der Waals surface area contributed by atoms with Gasteiger partial charge in [0.05, 0.1) is 0 Å². The minimum atomic E-state index is -4.53. The first-order valence-corrected chi connectivity index (χ1v) is 6.55. The maximum atomic E-state index is 12.3. The van der Waals surface area contributed by atoms with Crippen molar-refractivity contribution >= 4 is 0 Å². The summed E-state index contributed by atoms with van der Waals surface area (Å²) in [7, 11) is 0. The summed E-state index contributed by atoms with van der Waals surface area (Å²) in [5, 5.41) is 12.1. The van der Waals surface area contributed by atoms with Crippen molar-refractivity contribution in [3.63, 3.8) is 0 Å². The summed E-state index contributed by atoms with van der Waals surface area (Å²) in [4.78, 5) is 0. The quantitative estimate of drug-likeness (QED) is 0.822. The molecule has 2 unspecified atom stereocenters. The Hall–Kier alpha value is -0.290. The Kier molecular flexibility index (Phi) is 3.22. The minimum absolute atomic E-state index is 0.0122. The molecule has 106 valence electrons. The Labute approximate surface area is 106 Å². The summed E-state index contributed by atoms with van der Waals surface area (Å²) in [5.41, 5.74) is 0.0950. The fourth-order valence-electron chi connectivity index (χ4n) is 4.16. The van der Waals surface area contributed by atoms with E-state index < -0.39 is 18.8 Å². The van der Waals surface area contributed by atoms with Crippen molar-refractivity contribution in [1.29, 1.82) is 0 Å². The molecule has 0 saturated heterocycles. The van der Waals surface area contributed by atoms with E-state index in [1.807, 2.05) is 0 Å². The van der Waals surface area contributed by atoms with Gasteiger partial charge in [-0.1, -0.05) is 20.8 Å². The third kappa shape index (κ3) is 2.16. The molecule has 5 heteroatoms. The largest absolute Gasteiger partial charge is 0.415 e.